The molecule has 0 atom stereocenters. The van der Waals surface area contributed by atoms with Crippen LogP contribution in [0.4, 0.5) is 13.2 Å². The standard InChI is InChI=1S/C22H25F3O/c1-3-5-16-6-9-17-14-21(20(23)13-18(17)12-16)26-22(24,25)19-10-7-15(4-2)8-11-19/h4,6,9,12-15,19H,2-3,5,7-8,10-11H2,1H3. The molecule has 0 heterocycles. The number of benzene rings is 2. The smallest absolute Gasteiger partial charge is 0.400 e. The highest BCUT2D eigenvalue weighted by Crippen LogP contribution is 2.41. The lowest BCUT2D eigenvalue weighted by atomic mass is 9.81. The molecule has 1 nitrogen and oxygen atoms in total. The zero-order valence-electron chi connectivity index (χ0n) is 15.1. The van der Waals surface area contributed by atoms with Crippen LogP contribution in [0.25, 0.3) is 10.8 Å². The Hall–Kier alpha value is -1.97. The molecule has 0 spiro atoms. The minimum Gasteiger partial charge on any atom is -0.429 e. The van der Waals surface area contributed by atoms with Crippen molar-refractivity contribution < 1.29 is 17.9 Å². The molecule has 4 heteroatoms. The molecule has 1 aliphatic carbocycles. The van der Waals surface area contributed by atoms with Crippen molar-refractivity contribution in [2.24, 2.45) is 11.8 Å². The molecule has 2 aromatic carbocycles. The van der Waals surface area contributed by atoms with Gasteiger partial charge in [-0.15, -0.1) is 6.58 Å². The number of aryl methyl sites for hydroxylation is 1. The Morgan fingerprint density at radius 3 is 2.50 bits per heavy atom. The van der Waals surface area contributed by atoms with Gasteiger partial charge in [0.15, 0.2) is 11.6 Å². The highest BCUT2D eigenvalue weighted by molar-refractivity contribution is 5.84. The summed E-state index contributed by atoms with van der Waals surface area (Å²) in [5, 5.41) is 1.41. The Balaban J connectivity index is 1.80. The van der Waals surface area contributed by atoms with E-state index >= 15 is 0 Å². The zero-order valence-corrected chi connectivity index (χ0v) is 15.1. The summed E-state index contributed by atoms with van der Waals surface area (Å²) in [6, 6.07) is 8.35. The Morgan fingerprint density at radius 2 is 1.85 bits per heavy atom. The number of hydrogen-bond donors (Lipinski definition) is 0. The van der Waals surface area contributed by atoms with E-state index in [1.54, 1.807) is 0 Å². The monoisotopic (exact) mass is 362 g/mol. The van der Waals surface area contributed by atoms with Gasteiger partial charge in [-0.05, 0) is 66.5 Å². The number of ether oxygens (including phenoxy) is 1. The van der Waals surface area contributed by atoms with Crippen molar-refractivity contribution in [1.82, 2.24) is 0 Å². The van der Waals surface area contributed by atoms with Crippen molar-refractivity contribution in [2.45, 2.75) is 51.6 Å². The van der Waals surface area contributed by atoms with Crippen molar-refractivity contribution >= 4 is 10.8 Å². The normalized spacial score (nSPS) is 20.9. The minimum absolute atomic E-state index is 0.289. The van der Waals surface area contributed by atoms with E-state index in [0.29, 0.717) is 36.5 Å². The maximum Gasteiger partial charge on any atom is 0.400 e. The molecule has 1 saturated carbocycles. The second kappa shape index (κ2) is 7.73. The average molecular weight is 362 g/mol. The van der Waals surface area contributed by atoms with Crippen LogP contribution in [0.15, 0.2) is 43.0 Å². The maximum atomic E-state index is 14.6. The highest BCUT2D eigenvalue weighted by Gasteiger charge is 2.44. The lowest BCUT2D eigenvalue weighted by Crippen LogP contribution is -2.37. The van der Waals surface area contributed by atoms with Crippen LogP contribution >= 0.6 is 0 Å². The first kappa shape index (κ1) is 18.8. The third-order valence-electron chi connectivity index (χ3n) is 5.32. The van der Waals surface area contributed by atoms with Gasteiger partial charge in [-0.2, -0.15) is 8.78 Å². The molecule has 1 fully saturated rings. The van der Waals surface area contributed by atoms with E-state index in [4.69, 9.17) is 4.74 Å². The van der Waals surface area contributed by atoms with Crippen molar-refractivity contribution in [1.29, 1.82) is 0 Å². The first-order valence-electron chi connectivity index (χ1n) is 9.34. The number of alkyl halides is 2. The van der Waals surface area contributed by atoms with Crippen LogP contribution < -0.4 is 4.74 Å². The summed E-state index contributed by atoms with van der Waals surface area (Å²) in [6.45, 7) is 5.80. The maximum absolute atomic E-state index is 14.6. The van der Waals surface area contributed by atoms with Gasteiger partial charge in [0, 0.05) is 0 Å². The molecule has 0 bridgehead atoms. The van der Waals surface area contributed by atoms with Gasteiger partial charge >= 0.3 is 6.11 Å². The Bertz CT molecular complexity index is 776. The zero-order chi connectivity index (χ0) is 18.7. The third kappa shape index (κ3) is 4.05. The molecule has 0 aliphatic heterocycles. The average Bonchev–Trinajstić information content (AvgIpc) is 2.62. The number of hydrogen-bond acceptors (Lipinski definition) is 1. The molecule has 2 aromatic rings. The second-order valence-electron chi connectivity index (χ2n) is 7.23. The second-order valence-corrected chi connectivity index (χ2v) is 7.23. The van der Waals surface area contributed by atoms with Crippen molar-refractivity contribution in [3.05, 3.63) is 54.4 Å². The van der Waals surface area contributed by atoms with Crippen molar-refractivity contribution in [2.75, 3.05) is 0 Å². The predicted molar refractivity (Wildman–Crippen MR) is 99.1 cm³/mol. The summed E-state index contributed by atoms with van der Waals surface area (Å²) in [4.78, 5) is 0. The first-order chi connectivity index (χ1) is 12.4. The van der Waals surface area contributed by atoms with E-state index in [2.05, 4.69) is 13.5 Å². The molecule has 26 heavy (non-hydrogen) atoms. The van der Waals surface area contributed by atoms with Crippen molar-refractivity contribution in [3.8, 4) is 5.75 Å². The van der Waals surface area contributed by atoms with Crippen LogP contribution in [0, 0.1) is 17.7 Å². The molecule has 1 aliphatic rings. The molecule has 3 rings (SSSR count). The minimum atomic E-state index is -3.37. The Morgan fingerprint density at radius 1 is 1.12 bits per heavy atom. The van der Waals surface area contributed by atoms with Crippen molar-refractivity contribution in [3.63, 3.8) is 0 Å². The quantitative estimate of drug-likeness (QED) is 0.508. The summed E-state index contributed by atoms with van der Waals surface area (Å²) < 4.78 is 48.4. The van der Waals surface area contributed by atoms with Crippen LogP contribution in [0.2, 0.25) is 0 Å². The van der Waals surface area contributed by atoms with Gasteiger partial charge in [-0.25, -0.2) is 4.39 Å². The van der Waals surface area contributed by atoms with E-state index in [1.807, 2.05) is 24.3 Å². The molecular weight excluding hydrogens is 337 g/mol. The van der Waals surface area contributed by atoms with Gasteiger partial charge in [0.2, 0.25) is 0 Å². The van der Waals surface area contributed by atoms with Gasteiger partial charge in [-0.1, -0.05) is 37.6 Å². The molecule has 0 unspecified atom stereocenters. The van der Waals surface area contributed by atoms with Gasteiger partial charge in [0.1, 0.15) is 0 Å². The number of allylic oxidation sites excluding steroid dienone is 1. The summed E-state index contributed by atoms with van der Waals surface area (Å²) >= 11 is 0. The Kier molecular flexibility index (Phi) is 5.59. The molecule has 140 valence electrons. The Labute approximate surface area is 152 Å². The van der Waals surface area contributed by atoms with Gasteiger partial charge in [0.25, 0.3) is 0 Å². The molecule has 0 aromatic heterocycles. The number of fused-ring (bicyclic) bond motifs is 1. The SMILES string of the molecule is C=CC1CCC(C(F)(F)Oc2cc3ccc(CCC)cc3cc2F)CC1. The fourth-order valence-electron chi connectivity index (χ4n) is 3.74. The first-order valence-corrected chi connectivity index (χ1v) is 9.34. The van der Waals surface area contributed by atoms with Crippen LogP contribution in [0.3, 0.4) is 0 Å². The lowest BCUT2D eigenvalue weighted by Gasteiger charge is -2.32. The molecule has 0 amide bonds. The summed E-state index contributed by atoms with van der Waals surface area (Å²) in [5.74, 6) is -1.72. The van der Waals surface area contributed by atoms with Gasteiger partial charge in [0.05, 0.1) is 5.92 Å². The third-order valence-corrected chi connectivity index (χ3v) is 5.32. The van der Waals surface area contributed by atoms with Gasteiger partial charge < -0.3 is 4.74 Å². The molecule has 0 saturated heterocycles. The molecular formula is C22H25F3O. The van der Waals surface area contributed by atoms with Crippen LogP contribution in [-0.4, -0.2) is 6.11 Å². The summed E-state index contributed by atoms with van der Waals surface area (Å²) in [5.41, 5.74) is 1.11. The lowest BCUT2D eigenvalue weighted by molar-refractivity contribution is -0.224. The van der Waals surface area contributed by atoms with Gasteiger partial charge in [-0.3, -0.25) is 0 Å². The molecule has 0 N–H and O–H groups in total. The van der Waals surface area contributed by atoms with E-state index in [0.717, 1.165) is 18.4 Å². The van der Waals surface area contributed by atoms with E-state index in [9.17, 15) is 13.2 Å². The topological polar surface area (TPSA) is 9.23 Å². The summed E-state index contributed by atoms with van der Waals surface area (Å²) in [6.07, 6.45) is 2.42. The largest absolute Gasteiger partial charge is 0.429 e. The van der Waals surface area contributed by atoms with Crippen LogP contribution in [0.1, 0.15) is 44.6 Å². The van der Waals surface area contributed by atoms with E-state index in [1.165, 1.54) is 12.1 Å². The van der Waals surface area contributed by atoms with E-state index in [-0.39, 0.29) is 11.7 Å². The number of rotatable bonds is 6. The fraction of sp³-hybridized carbons (Fsp3) is 0.455. The predicted octanol–water partition coefficient (Wildman–Crippen LogP) is 6.90. The summed E-state index contributed by atoms with van der Waals surface area (Å²) in [7, 11) is 0. The fourth-order valence-corrected chi connectivity index (χ4v) is 3.74. The van der Waals surface area contributed by atoms with E-state index < -0.39 is 17.8 Å². The highest BCUT2D eigenvalue weighted by atomic mass is 19.3. The van der Waals surface area contributed by atoms with Crippen LogP contribution in [-0.2, 0) is 6.42 Å². The number of halogens is 3. The molecule has 0 radical (unpaired) electrons. The van der Waals surface area contributed by atoms with Crippen LogP contribution in [0.5, 0.6) is 5.75 Å².